The van der Waals surface area contributed by atoms with E-state index in [4.69, 9.17) is 14.2 Å². The molecule has 4 rings (SSSR count). The minimum Gasteiger partial charge on any atom is -0.486 e. The Labute approximate surface area is 190 Å². The number of carbonyl (C=O) groups is 1. The number of fused-ring (bicyclic) bond motifs is 1. The summed E-state index contributed by atoms with van der Waals surface area (Å²) in [6.07, 6.45) is 1.94. The standard InChI is InChI=1S/C23H26FN5O4/c1-13(2)29-12-25-28-22(29)18-6-5-7-21(26-18)27-23(30)16-9-20-19(10-17(16)24)32-11-15(33-20)8-14(3)31-4/h5-7,9-10,12-15H,8,11H2,1-4H3,(H,26,27,30). The Morgan fingerprint density at radius 2 is 2.12 bits per heavy atom. The Morgan fingerprint density at radius 1 is 1.30 bits per heavy atom. The highest BCUT2D eigenvalue weighted by molar-refractivity contribution is 6.04. The number of nitrogens with one attached hydrogen (secondary N) is 1. The van der Waals surface area contributed by atoms with Crippen molar-refractivity contribution in [1.29, 1.82) is 0 Å². The van der Waals surface area contributed by atoms with E-state index in [0.29, 0.717) is 23.7 Å². The van der Waals surface area contributed by atoms with E-state index in [-0.39, 0.29) is 42.0 Å². The number of rotatable bonds is 7. The largest absolute Gasteiger partial charge is 0.486 e. The van der Waals surface area contributed by atoms with E-state index in [1.54, 1.807) is 31.6 Å². The third-order valence-electron chi connectivity index (χ3n) is 5.34. The van der Waals surface area contributed by atoms with Crippen molar-refractivity contribution in [1.82, 2.24) is 19.7 Å². The second-order valence-electron chi connectivity index (χ2n) is 8.13. The van der Waals surface area contributed by atoms with Gasteiger partial charge in [0.25, 0.3) is 5.91 Å². The number of anilines is 1. The molecule has 2 aromatic heterocycles. The molecule has 1 aromatic carbocycles. The second kappa shape index (κ2) is 9.53. The smallest absolute Gasteiger partial charge is 0.259 e. The second-order valence-corrected chi connectivity index (χ2v) is 8.13. The summed E-state index contributed by atoms with van der Waals surface area (Å²) in [5.41, 5.74) is 0.368. The molecule has 0 fully saturated rings. The Bertz CT molecular complexity index is 1150. The fraction of sp³-hybridized carbons (Fsp3) is 0.391. The summed E-state index contributed by atoms with van der Waals surface area (Å²) in [6.45, 7) is 6.21. The number of hydrogen-bond acceptors (Lipinski definition) is 7. The SMILES string of the molecule is COC(C)CC1COc2cc(F)c(C(=O)Nc3cccc(-c4nncn4C(C)C)n3)cc2O1. The molecule has 1 aliphatic rings. The van der Waals surface area contributed by atoms with Crippen LogP contribution in [0.3, 0.4) is 0 Å². The van der Waals surface area contributed by atoms with Crippen molar-refractivity contribution in [3.05, 3.63) is 48.0 Å². The zero-order chi connectivity index (χ0) is 23.5. The van der Waals surface area contributed by atoms with Crippen molar-refractivity contribution >= 4 is 11.7 Å². The molecule has 0 aliphatic carbocycles. The average Bonchev–Trinajstić information content (AvgIpc) is 3.29. The molecule has 0 saturated heterocycles. The number of nitrogens with zero attached hydrogens (tertiary/aromatic N) is 4. The van der Waals surface area contributed by atoms with Crippen LogP contribution in [0.2, 0.25) is 0 Å². The molecular weight excluding hydrogens is 429 g/mol. The van der Waals surface area contributed by atoms with Crippen LogP contribution >= 0.6 is 0 Å². The maximum Gasteiger partial charge on any atom is 0.259 e. The van der Waals surface area contributed by atoms with E-state index in [2.05, 4.69) is 20.5 Å². The van der Waals surface area contributed by atoms with E-state index < -0.39 is 11.7 Å². The van der Waals surface area contributed by atoms with E-state index >= 15 is 0 Å². The molecule has 0 spiro atoms. The summed E-state index contributed by atoms with van der Waals surface area (Å²) >= 11 is 0. The van der Waals surface area contributed by atoms with Crippen LogP contribution in [0.5, 0.6) is 11.5 Å². The van der Waals surface area contributed by atoms with Crippen molar-refractivity contribution in [2.24, 2.45) is 0 Å². The van der Waals surface area contributed by atoms with Crippen molar-refractivity contribution in [2.45, 2.75) is 45.4 Å². The highest BCUT2D eigenvalue weighted by Crippen LogP contribution is 2.35. The fourth-order valence-corrected chi connectivity index (χ4v) is 3.51. The van der Waals surface area contributed by atoms with Crippen LogP contribution < -0.4 is 14.8 Å². The number of amides is 1. The minimum absolute atomic E-state index is 0.0248. The van der Waals surface area contributed by atoms with Crippen molar-refractivity contribution in [2.75, 3.05) is 19.0 Å². The molecule has 1 aliphatic heterocycles. The molecule has 2 unspecified atom stereocenters. The number of benzene rings is 1. The first-order chi connectivity index (χ1) is 15.9. The van der Waals surface area contributed by atoms with Gasteiger partial charge in [0.2, 0.25) is 0 Å². The Balaban J connectivity index is 1.54. The third-order valence-corrected chi connectivity index (χ3v) is 5.34. The highest BCUT2D eigenvalue weighted by atomic mass is 19.1. The molecule has 3 aromatic rings. The summed E-state index contributed by atoms with van der Waals surface area (Å²) in [7, 11) is 1.62. The number of aromatic nitrogens is 4. The first kappa shape index (κ1) is 22.7. The van der Waals surface area contributed by atoms with Gasteiger partial charge in [0.1, 0.15) is 36.4 Å². The van der Waals surface area contributed by atoms with Crippen molar-refractivity contribution in [3.8, 4) is 23.0 Å². The van der Waals surface area contributed by atoms with Gasteiger partial charge in [0, 0.05) is 25.6 Å². The molecule has 0 saturated carbocycles. The van der Waals surface area contributed by atoms with Gasteiger partial charge in [-0.15, -0.1) is 10.2 Å². The van der Waals surface area contributed by atoms with Crippen LogP contribution in [-0.2, 0) is 4.74 Å². The quantitative estimate of drug-likeness (QED) is 0.577. The van der Waals surface area contributed by atoms with Crippen LogP contribution in [0.4, 0.5) is 10.2 Å². The Kier molecular flexibility index (Phi) is 6.55. The lowest BCUT2D eigenvalue weighted by Gasteiger charge is -2.28. The van der Waals surface area contributed by atoms with Gasteiger partial charge in [-0.2, -0.15) is 0 Å². The van der Waals surface area contributed by atoms with Gasteiger partial charge >= 0.3 is 0 Å². The highest BCUT2D eigenvalue weighted by Gasteiger charge is 2.26. The summed E-state index contributed by atoms with van der Waals surface area (Å²) < 4.78 is 33.4. The van der Waals surface area contributed by atoms with Gasteiger partial charge in [-0.25, -0.2) is 9.37 Å². The van der Waals surface area contributed by atoms with Crippen LogP contribution in [0.25, 0.3) is 11.5 Å². The van der Waals surface area contributed by atoms with E-state index in [1.807, 2.05) is 25.3 Å². The Hall–Kier alpha value is -3.53. The molecule has 0 radical (unpaired) electrons. The number of carbonyl (C=O) groups excluding carboxylic acids is 1. The van der Waals surface area contributed by atoms with Crippen LogP contribution in [-0.4, -0.2) is 51.6 Å². The molecule has 174 valence electrons. The van der Waals surface area contributed by atoms with E-state index in [1.165, 1.54) is 6.07 Å². The van der Waals surface area contributed by atoms with Gasteiger partial charge < -0.3 is 24.1 Å². The molecule has 9 nitrogen and oxygen atoms in total. The number of methoxy groups -OCH3 is 1. The maximum absolute atomic E-state index is 14.7. The summed E-state index contributed by atoms with van der Waals surface area (Å²) in [5.74, 6) is 0.0433. The van der Waals surface area contributed by atoms with E-state index in [9.17, 15) is 9.18 Å². The number of ether oxygens (including phenoxy) is 3. The third kappa shape index (κ3) is 4.95. The molecule has 0 bridgehead atoms. The topological polar surface area (TPSA) is 100 Å². The lowest BCUT2D eigenvalue weighted by Crippen LogP contribution is -2.32. The molecule has 33 heavy (non-hydrogen) atoms. The first-order valence-electron chi connectivity index (χ1n) is 10.7. The van der Waals surface area contributed by atoms with Gasteiger partial charge in [-0.3, -0.25) is 4.79 Å². The molecule has 1 amide bonds. The van der Waals surface area contributed by atoms with Gasteiger partial charge in [-0.05, 0) is 39.0 Å². The number of halogens is 1. The lowest BCUT2D eigenvalue weighted by atomic mass is 10.1. The zero-order valence-corrected chi connectivity index (χ0v) is 18.9. The van der Waals surface area contributed by atoms with Crippen LogP contribution in [0.1, 0.15) is 43.6 Å². The van der Waals surface area contributed by atoms with Crippen molar-refractivity contribution in [3.63, 3.8) is 0 Å². The van der Waals surface area contributed by atoms with Crippen LogP contribution in [0, 0.1) is 5.82 Å². The predicted octanol–water partition coefficient (Wildman–Crippen LogP) is 3.88. The summed E-state index contributed by atoms with van der Waals surface area (Å²) in [6, 6.07) is 7.77. The maximum atomic E-state index is 14.7. The van der Waals surface area contributed by atoms with Crippen molar-refractivity contribution < 1.29 is 23.4 Å². The number of pyridine rings is 1. The summed E-state index contributed by atoms with van der Waals surface area (Å²) in [4.78, 5) is 17.3. The van der Waals surface area contributed by atoms with Gasteiger partial charge in [0.15, 0.2) is 17.3 Å². The molecule has 10 heteroatoms. The monoisotopic (exact) mass is 455 g/mol. The van der Waals surface area contributed by atoms with Crippen LogP contribution in [0.15, 0.2) is 36.7 Å². The molecule has 2 atom stereocenters. The first-order valence-corrected chi connectivity index (χ1v) is 10.7. The predicted molar refractivity (Wildman–Crippen MR) is 119 cm³/mol. The van der Waals surface area contributed by atoms with E-state index in [0.717, 1.165) is 6.07 Å². The average molecular weight is 455 g/mol. The normalized spacial score (nSPS) is 16.0. The molecule has 1 N–H and O–H groups in total. The fourth-order valence-electron chi connectivity index (χ4n) is 3.51. The Morgan fingerprint density at radius 3 is 2.88 bits per heavy atom. The molecular formula is C23H26FN5O4. The van der Waals surface area contributed by atoms with Gasteiger partial charge in [0.05, 0.1) is 11.7 Å². The minimum atomic E-state index is -0.714. The number of hydrogen-bond donors (Lipinski definition) is 1. The van der Waals surface area contributed by atoms with Gasteiger partial charge in [-0.1, -0.05) is 6.07 Å². The lowest BCUT2D eigenvalue weighted by molar-refractivity contribution is 0.0291. The zero-order valence-electron chi connectivity index (χ0n) is 18.9. The summed E-state index contributed by atoms with van der Waals surface area (Å²) in [5, 5.41) is 10.7. The molecule has 3 heterocycles.